The maximum atomic E-state index is 5.64. The van der Waals surface area contributed by atoms with Gasteiger partial charge in [-0.3, -0.25) is 0 Å². The Morgan fingerprint density at radius 1 is 1.15 bits per heavy atom. The molecule has 0 radical (unpaired) electrons. The summed E-state index contributed by atoms with van der Waals surface area (Å²) in [5.74, 6) is 1.03. The van der Waals surface area contributed by atoms with Crippen LogP contribution in [0.15, 0.2) is 24.3 Å². The van der Waals surface area contributed by atoms with Gasteiger partial charge in [0, 0.05) is 0 Å². The number of benzene rings is 1. The van der Waals surface area contributed by atoms with Crippen molar-refractivity contribution in [1.82, 2.24) is 0 Å². The third-order valence-corrected chi connectivity index (χ3v) is 2.10. The van der Waals surface area contributed by atoms with Crippen LogP contribution in [0.25, 0.3) is 0 Å². The summed E-state index contributed by atoms with van der Waals surface area (Å²) in [6, 6.07) is 8.16. The highest BCUT2D eigenvalue weighted by atomic mass is 16.5. The zero-order chi connectivity index (χ0) is 9.52. The van der Waals surface area contributed by atoms with Gasteiger partial charge in [0.15, 0.2) is 0 Å². The van der Waals surface area contributed by atoms with E-state index < -0.39 is 0 Å². The smallest absolute Gasteiger partial charge is 0.122 e. The van der Waals surface area contributed by atoms with Crippen LogP contribution in [0.3, 0.4) is 0 Å². The number of hydrogen-bond donors (Lipinski definition) is 0. The van der Waals surface area contributed by atoms with Crippen LogP contribution in [0.5, 0.6) is 5.75 Å². The summed E-state index contributed by atoms with van der Waals surface area (Å²) in [5, 5.41) is 0. The van der Waals surface area contributed by atoms with E-state index in [-0.39, 0.29) is 0 Å². The first-order valence-electron chi connectivity index (χ1n) is 5.03. The van der Waals surface area contributed by atoms with Crippen molar-refractivity contribution >= 4 is 0 Å². The molecule has 0 N–H and O–H groups in total. The normalized spacial score (nSPS) is 10.0. The van der Waals surface area contributed by atoms with Crippen molar-refractivity contribution in [2.24, 2.45) is 0 Å². The Balaban J connectivity index is 2.32. The molecule has 1 heteroatoms. The Kier molecular flexibility index (Phi) is 4.37. The van der Waals surface area contributed by atoms with E-state index in [9.17, 15) is 0 Å². The standard InChI is InChI=1S/C12H18O/c1-3-4-7-10-13-12-9-6-5-8-11(12)2/h5-6,8-9H,3-4,7,10H2,1-2H3. The second-order valence-corrected chi connectivity index (χ2v) is 3.32. The van der Waals surface area contributed by atoms with Crippen molar-refractivity contribution in [2.45, 2.75) is 33.1 Å². The molecular weight excluding hydrogens is 160 g/mol. The number of hydrogen-bond acceptors (Lipinski definition) is 1. The highest BCUT2D eigenvalue weighted by Gasteiger charge is 1.95. The average molecular weight is 178 g/mol. The molecule has 0 heterocycles. The van der Waals surface area contributed by atoms with Gasteiger partial charge in [-0.15, -0.1) is 0 Å². The third kappa shape index (κ3) is 3.49. The summed E-state index contributed by atoms with van der Waals surface area (Å²) in [4.78, 5) is 0. The molecule has 0 spiro atoms. The molecule has 0 amide bonds. The van der Waals surface area contributed by atoms with Crippen LogP contribution in [-0.2, 0) is 0 Å². The van der Waals surface area contributed by atoms with Gasteiger partial charge in [-0.05, 0) is 25.0 Å². The maximum Gasteiger partial charge on any atom is 0.122 e. The molecular formula is C12H18O. The molecule has 0 aliphatic carbocycles. The lowest BCUT2D eigenvalue weighted by molar-refractivity contribution is 0.304. The number of unbranched alkanes of at least 4 members (excludes halogenated alkanes) is 2. The van der Waals surface area contributed by atoms with Gasteiger partial charge in [0.25, 0.3) is 0 Å². The van der Waals surface area contributed by atoms with Crippen molar-refractivity contribution in [1.29, 1.82) is 0 Å². The molecule has 1 aromatic rings. The summed E-state index contributed by atoms with van der Waals surface area (Å²) in [6.07, 6.45) is 3.66. The Bertz CT molecular complexity index is 243. The molecule has 0 aromatic heterocycles. The van der Waals surface area contributed by atoms with Crippen molar-refractivity contribution in [2.75, 3.05) is 6.61 Å². The van der Waals surface area contributed by atoms with E-state index in [4.69, 9.17) is 4.74 Å². The van der Waals surface area contributed by atoms with Gasteiger partial charge in [-0.25, -0.2) is 0 Å². The van der Waals surface area contributed by atoms with E-state index in [0.717, 1.165) is 18.8 Å². The fourth-order valence-corrected chi connectivity index (χ4v) is 1.25. The minimum Gasteiger partial charge on any atom is -0.493 e. The number of aryl methyl sites for hydroxylation is 1. The maximum absolute atomic E-state index is 5.64. The zero-order valence-corrected chi connectivity index (χ0v) is 8.55. The van der Waals surface area contributed by atoms with Gasteiger partial charge in [-0.2, -0.15) is 0 Å². The lowest BCUT2D eigenvalue weighted by Gasteiger charge is -2.07. The molecule has 0 aliphatic rings. The lowest BCUT2D eigenvalue weighted by atomic mass is 10.2. The van der Waals surface area contributed by atoms with E-state index in [0.29, 0.717) is 0 Å². The van der Waals surface area contributed by atoms with Gasteiger partial charge in [0.1, 0.15) is 5.75 Å². The van der Waals surface area contributed by atoms with E-state index in [1.807, 2.05) is 18.2 Å². The van der Waals surface area contributed by atoms with Crippen LogP contribution in [0.2, 0.25) is 0 Å². The zero-order valence-electron chi connectivity index (χ0n) is 8.55. The molecule has 0 saturated carbocycles. The van der Waals surface area contributed by atoms with Crippen LogP contribution in [-0.4, -0.2) is 6.61 Å². The van der Waals surface area contributed by atoms with Crippen LogP contribution in [0.1, 0.15) is 31.7 Å². The van der Waals surface area contributed by atoms with E-state index in [1.54, 1.807) is 0 Å². The Labute approximate surface area is 80.7 Å². The highest BCUT2D eigenvalue weighted by Crippen LogP contribution is 2.16. The van der Waals surface area contributed by atoms with Crippen molar-refractivity contribution < 1.29 is 4.74 Å². The van der Waals surface area contributed by atoms with E-state index in [1.165, 1.54) is 18.4 Å². The molecule has 0 saturated heterocycles. The quantitative estimate of drug-likeness (QED) is 0.626. The predicted octanol–water partition coefficient (Wildman–Crippen LogP) is 3.56. The molecule has 0 bridgehead atoms. The second kappa shape index (κ2) is 5.63. The Morgan fingerprint density at radius 3 is 2.62 bits per heavy atom. The van der Waals surface area contributed by atoms with Crippen molar-refractivity contribution in [3.05, 3.63) is 29.8 Å². The first kappa shape index (κ1) is 10.1. The summed E-state index contributed by atoms with van der Waals surface area (Å²) >= 11 is 0. The van der Waals surface area contributed by atoms with E-state index >= 15 is 0 Å². The molecule has 0 unspecified atom stereocenters. The Morgan fingerprint density at radius 2 is 1.92 bits per heavy atom. The van der Waals surface area contributed by atoms with Crippen LogP contribution in [0, 0.1) is 6.92 Å². The van der Waals surface area contributed by atoms with Gasteiger partial charge in [-0.1, -0.05) is 38.0 Å². The van der Waals surface area contributed by atoms with Gasteiger partial charge in [0.05, 0.1) is 6.61 Å². The summed E-state index contributed by atoms with van der Waals surface area (Å²) in [5.41, 5.74) is 1.22. The molecule has 1 aromatic carbocycles. The number of para-hydroxylation sites is 1. The first-order valence-corrected chi connectivity index (χ1v) is 5.03. The first-order chi connectivity index (χ1) is 6.34. The topological polar surface area (TPSA) is 9.23 Å². The van der Waals surface area contributed by atoms with Crippen LogP contribution in [0.4, 0.5) is 0 Å². The van der Waals surface area contributed by atoms with Gasteiger partial charge < -0.3 is 4.74 Å². The minimum atomic E-state index is 0.846. The molecule has 72 valence electrons. The molecule has 1 nitrogen and oxygen atoms in total. The highest BCUT2D eigenvalue weighted by molar-refractivity contribution is 5.31. The predicted molar refractivity (Wildman–Crippen MR) is 56.2 cm³/mol. The van der Waals surface area contributed by atoms with Crippen molar-refractivity contribution in [3.63, 3.8) is 0 Å². The monoisotopic (exact) mass is 178 g/mol. The second-order valence-electron chi connectivity index (χ2n) is 3.32. The largest absolute Gasteiger partial charge is 0.493 e. The summed E-state index contributed by atoms with van der Waals surface area (Å²) in [7, 11) is 0. The third-order valence-electron chi connectivity index (χ3n) is 2.10. The SMILES string of the molecule is CCCCCOc1ccccc1C. The fourth-order valence-electron chi connectivity index (χ4n) is 1.25. The minimum absolute atomic E-state index is 0.846. The van der Waals surface area contributed by atoms with Crippen LogP contribution < -0.4 is 4.74 Å². The number of ether oxygens (including phenoxy) is 1. The lowest BCUT2D eigenvalue weighted by Crippen LogP contribution is -1.98. The van der Waals surface area contributed by atoms with Gasteiger partial charge >= 0.3 is 0 Å². The summed E-state index contributed by atoms with van der Waals surface area (Å²) in [6.45, 7) is 5.13. The molecule has 0 aliphatic heterocycles. The van der Waals surface area contributed by atoms with Crippen LogP contribution >= 0.6 is 0 Å². The fraction of sp³-hybridized carbons (Fsp3) is 0.500. The van der Waals surface area contributed by atoms with E-state index in [2.05, 4.69) is 19.9 Å². The molecule has 0 atom stereocenters. The number of rotatable bonds is 5. The molecule has 1 rings (SSSR count). The average Bonchev–Trinajstić information content (AvgIpc) is 2.15. The Hall–Kier alpha value is -0.980. The molecule has 0 fully saturated rings. The molecule has 13 heavy (non-hydrogen) atoms. The van der Waals surface area contributed by atoms with Crippen molar-refractivity contribution in [3.8, 4) is 5.75 Å². The summed E-state index contributed by atoms with van der Waals surface area (Å²) < 4.78 is 5.64. The van der Waals surface area contributed by atoms with Gasteiger partial charge in [0.2, 0.25) is 0 Å².